The number of thiophene rings is 1. The second kappa shape index (κ2) is 7.92. The molecule has 1 fully saturated rings. The average Bonchev–Trinajstić information content (AvgIpc) is 3.24. The van der Waals surface area contributed by atoms with Crippen LogP contribution >= 0.6 is 11.3 Å². The van der Waals surface area contributed by atoms with Crippen LogP contribution in [-0.4, -0.2) is 45.4 Å². The number of hydrogen-bond acceptors (Lipinski definition) is 4. The number of aryl methyl sites for hydroxylation is 2. The zero-order valence-electron chi connectivity index (χ0n) is 15.2. The molecule has 0 aromatic carbocycles. The van der Waals surface area contributed by atoms with E-state index in [0.29, 0.717) is 12.5 Å². The molecule has 1 amide bonds. The number of hydrogen-bond donors (Lipinski definition) is 1. The predicted molar refractivity (Wildman–Crippen MR) is 103 cm³/mol. The van der Waals surface area contributed by atoms with Crippen molar-refractivity contribution in [1.29, 1.82) is 0 Å². The lowest BCUT2D eigenvalue weighted by molar-refractivity contribution is 0.0710. The summed E-state index contributed by atoms with van der Waals surface area (Å²) >= 11 is 1.72. The van der Waals surface area contributed by atoms with Gasteiger partial charge in [-0.15, -0.1) is 11.3 Å². The Kier molecular flexibility index (Phi) is 5.41. The molecule has 0 saturated carbocycles. The third kappa shape index (κ3) is 3.71. The maximum Gasteiger partial charge on any atom is 0.263 e. The molecule has 2 aromatic heterocycles. The summed E-state index contributed by atoms with van der Waals surface area (Å²) in [5, 5.41) is 13.6. The molecule has 1 unspecified atom stereocenters. The molecule has 2 aromatic rings. The normalized spacial score (nSPS) is 20.7. The Hall–Kier alpha value is -1.66. The number of carbonyl (C=O) groups is 1. The lowest BCUT2D eigenvalue weighted by Gasteiger charge is -2.31. The monoisotopic (exact) mass is 373 g/mol. The Morgan fingerprint density at radius 3 is 3.04 bits per heavy atom. The highest BCUT2D eigenvalue weighted by Crippen LogP contribution is 2.32. The van der Waals surface area contributed by atoms with Crippen molar-refractivity contribution in [2.24, 2.45) is 0 Å². The minimum Gasteiger partial charge on any atom is -0.394 e. The third-order valence-corrected chi connectivity index (χ3v) is 6.80. The number of nitrogens with zero attached hydrogens (tertiary/aromatic N) is 3. The number of rotatable bonds is 4. The Labute approximate surface area is 158 Å². The van der Waals surface area contributed by atoms with Crippen LogP contribution in [0.4, 0.5) is 0 Å². The number of aliphatic hydroxyl groups is 1. The van der Waals surface area contributed by atoms with Gasteiger partial charge in [0.1, 0.15) is 0 Å². The molecular weight excluding hydrogens is 346 g/mol. The van der Waals surface area contributed by atoms with Crippen LogP contribution in [0.3, 0.4) is 0 Å². The number of carbonyl (C=O) groups excluding carboxylic acids is 1. The van der Waals surface area contributed by atoms with E-state index in [0.717, 1.165) is 49.3 Å². The number of aliphatic hydroxyl groups excluding tert-OH is 1. The Balaban J connectivity index is 1.46. The van der Waals surface area contributed by atoms with E-state index in [1.165, 1.54) is 29.7 Å². The van der Waals surface area contributed by atoms with E-state index in [1.54, 1.807) is 16.0 Å². The fraction of sp³-hybridized carbons (Fsp3) is 0.600. The summed E-state index contributed by atoms with van der Waals surface area (Å²) in [6.45, 7) is 2.21. The van der Waals surface area contributed by atoms with Gasteiger partial charge in [0.2, 0.25) is 0 Å². The number of amides is 1. The van der Waals surface area contributed by atoms with Crippen molar-refractivity contribution in [3.05, 3.63) is 39.3 Å². The molecule has 1 saturated heterocycles. The SMILES string of the molecule is O=C(c1cc2c(s1)CCCCC2)N1CCCC(c2ccn(CCO)n2)C1. The molecule has 3 heterocycles. The van der Waals surface area contributed by atoms with Gasteiger partial charge >= 0.3 is 0 Å². The second-order valence-electron chi connectivity index (χ2n) is 7.44. The first-order valence-corrected chi connectivity index (χ1v) is 10.6. The van der Waals surface area contributed by atoms with Gasteiger partial charge in [-0.25, -0.2) is 0 Å². The largest absolute Gasteiger partial charge is 0.394 e. The number of aromatic nitrogens is 2. The molecule has 1 N–H and O–H groups in total. The highest BCUT2D eigenvalue weighted by Gasteiger charge is 2.28. The molecule has 4 rings (SSSR count). The van der Waals surface area contributed by atoms with E-state index in [4.69, 9.17) is 5.11 Å². The van der Waals surface area contributed by atoms with Crippen molar-refractivity contribution < 1.29 is 9.90 Å². The van der Waals surface area contributed by atoms with Crippen LogP contribution in [-0.2, 0) is 19.4 Å². The molecule has 6 heteroatoms. The molecule has 1 atom stereocenters. The van der Waals surface area contributed by atoms with Gasteiger partial charge in [-0.2, -0.15) is 5.10 Å². The molecule has 26 heavy (non-hydrogen) atoms. The summed E-state index contributed by atoms with van der Waals surface area (Å²) in [4.78, 5) is 17.4. The quantitative estimate of drug-likeness (QED) is 0.837. The van der Waals surface area contributed by atoms with Crippen LogP contribution in [0.1, 0.15) is 63.8 Å². The molecule has 5 nitrogen and oxygen atoms in total. The van der Waals surface area contributed by atoms with E-state index in [-0.39, 0.29) is 12.5 Å². The number of piperidine rings is 1. The first-order chi connectivity index (χ1) is 12.7. The van der Waals surface area contributed by atoms with E-state index in [2.05, 4.69) is 11.2 Å². The van der Waals surface area contributed by atoms with Crippen LogP contribution in [0.15, 0.2) is 18.3 Å². The van der Waals surface area contributed by atoms with Crippen LogP contribution < -0.4 is 0 Å². The molecular formula is C20H27N3O2S. The molecule has 140 valence electrons. The van der Waals surface area contributed by atoms with Crippen molar-refractivity contribution in [3.8, 4) is 0 Å². The molecule has 0 radical (unpaired) electrons. The summed E-state index contributed by atoms with van der Waals surface area (Å²) in [6.07, 6.45) is 10.1. The van der Waals surface area contributed by atoms with Gasteiger partial charge < -0.3 is 10.0 Å². The summed E-state index contributed by atoms with van der Waals surface area (Å²) in [7, 11) is 0. The Bertz CT molecular complexity index is 743. The first-order valence-electron chi connectivity index (χ1n) is 9.79. The first kappa shape index (κ1) is 17.7. The third-order valence-electron chi connectivity index (χ3n) is 5.57. The molecule has 0 spiro atoms. The molecule has 1 aliphatic heterocycles. The maximum atomic E-state index is 13.1. The lowest BCUT2D eigenvalue weighted by atomic mass is 9.95. The van der Waals surface area contributed by atoms with Gasteiger partial charge in [-0.05, 0) is 56.2 Å². The van der Waals surface area contributed by atoms with Gasteiger partial charge in [0.25, 0.3) is 5.91 Å². The topological polar surface area (TPSA) is 58.4 Å². The highest BCUT2D eigenvalue weighted by atomic mass is 32.1. The fourth-order valence-corrected chi connectivity index (χ4v) is 5.38. The van der Waals surface area contributed by atoms with Crippen LogP contribution in [0.25, 0.3) is 0 Å². The van der Waals surface area contributed by atoms with Gasteiger partial charge in [-0.3, -0.25) is 9.48 Å². The van der Waals surface area contributed by atoms with Crippen LogP contribution in [0.2, 0.25) is 0 Å². The lowest BCUT2D eigenvalue weighted by Crippen LogP contribution is -2.39. The Morgan fingerprint density at radius 1 is 1.27 bits per heavy atom. The summed E-state index contributed by atoms with van der Waals surface area (Å²) in [5.41, 5.74) is 2.45. The van der Waals surface area contributed by atoms with Crippen molar-refractivity contribution in [2.75, 3.05) is 19.7 Å². The Morgan fingerprint density at radius 2 is 2.15 bits per heavy atom. The van der Waals surface area contributed by atoms with E-state index < -0.39 is 0 Å². The average molecular weight is 374 g/mol. The smallest absolute Gasteiger partial charge is 0.263 e. The minimum absolute atomic E-state index is 0.0967. The van der Waals surface area contributed by atoms with Gasteiger partial charge in [0.05, 0.1) is 23.7 Å². The summed E-state index contributed by atoms with van der Waals surface area (Å²) in [5.74, 6) is 0.494. The minimum atomic E-state index is 0.0967. The van der Waals surface area contributed by atoms with Gasteiger partial charge in [0.15, 0.2) is 0 Å². The van der Waals surface area contributed by atoms with Crippen LogP contribution in [0.5, 0.6) is 0 Å². The predicted octanol–water partition coefficient (Wildman–Crippen LogP) is 3.23. The van der Waals surface area contributed by atoms with Gasteiger partial charge in [0, 0.05) is 30.1 Å². The molecule has 2 aliphatic rings. The second-order valence-corrected chi connectivity index (χ2v) is 8.57. The van der Waals surface area contributed by atoms with Crippen molar-refractivity contribution in [2.45, 2.75) is 57.4 Å². The van der Waals surface area contributed by atoms with Crippen molar-refractivity contribution in [1.82, 2.24) is 14.7 Å². The summed E-state index contributed by atoms with van der Waals surface area (Å²) in [6, 6.07) is 4.19. The standard InChI is InChI=1S/C20H27N3O2S/c24-12-11-23-10-8-17(21-23)16-6-4-9-22(14-16)20(25)19-13-15-5-2-1-3-7-18(15)26-19/h8,10,13,16,24H,1-7,9,11-12,14H2. The maximum absolute atomic E-state index is 13.1. The van der Waals surface area contributed by atoms with E-state index >= 15 is 0 Å². The van der Waals surface area contributed by atoms with Crippen LogP contribution in [0, 0.1) is 0 Å². The molecule has 1 aliphatic carbocycles. The summed E-state index contributed by atoms with van der Waals surface area (Å²) < 4.78 is 1.78. The number of fused-ring (bicyclic) bond motifs is 1. The van der Waals surface area contributed by atoms with Crippen molar-refractivity contribution >= 4 is 17.2 Å². The zero-order valence-corrected chi connectivity index (χ0v) is 16.0. The molecule has 0 bridgehead atoms. The van der Waals surface area contributed by atoms with E-state index in [1.807, 2.05) is 17.2 Å². The fourth-order valence-electron chi connectivity index (χ4n) is 4.15. The van der Waals surface area contributed by atoms with Gasteiger partial charge in [-0.1, -0.05) is 6.42 Å². The van der Waals surface area contributed by atoms with E-state index in [9.17, 15) is 4.79 Å². The van der Waals surface area contributed by atoms with Crippen molar-refractivity contribution in [3.63, 3.8) is 0 Å². The zero-order chi connectivity index (χ0) is 17.9. The number of likely N-dealkylation sites (tertiary alicyclic amines) is 1. The highest BCUT2D eigenvalue weighted by molar-refractivity contribution is 7.14.